The molecule has 0 saturated carbocycles. The van der Waals surface area contributed by atoms with Gasteiger partial charge in [-0.1, -0.05) is 12.1 Å². The van der Waals surface area contributed by atoms with Crippen LogP contribution >= 0.6 is 0 Å². The highest BCUT2D eigenvalue weighted by Crippen LogP contribution is 2.38. The molecule has 3 aromatic rings. The van der Waals surface area contributed by atoms with Crippen LogP contribution in [0.2, 0.25) is 0 Å². The fourth-order valence-corrected chi connectivity index (χ4v) is 2.43. The van der Waals surface area contributed by atoms with Crippen LogP contribution in [0.15, 0.2) is 58.8 Å². The first kappa shape index (κ1) is 16.2. The van der Waals surface area contributed by atoms with Gasteiger partial charge in [-0.3, -0.25) is 10.1 Å². The Morgan fingerprint density at radius 3 is 2.60 bits per heavy atom. The maximum absolute atomic E-state index is 11.1. The number of benzene rings is 3. The SMILES string of the molecule is CNc1ccc2ccc(O)c(N=Nc3ccc(N)cc3[N+](=O)[O-])c2c1. The molecule has 0 amide bonds. The molecule has 0 fully saturated rings. The Morgan fingerprint density at radius 2 is 1.88 bits per heavy atom. The number of phenols is 1. The zero-order chi connectivity index (χ0) is 18.0. The Balaban J connectivity index is 2.13. The molecule has 3 rings (SSSR count). The standard InChI is InChI=1S/C17H15N5O3/c1-19-12-5-2-10-3-7-16(23)17(13(10)9-12)21-20-14-6-4-11(18)8-15(14)22(24)25/h2-9,19,23H,18H2,1H3. The summed E-state index contributed by atoms with van der Waals surface area (Å²) in [6.07, 6.45) is 0. The lowest BCUT2D eigenvalue weighted by molar-refractivity contribution is -0.384. The highest BCUT2D eigenvalue weighted by Gasteiger charge is 2.14. The van der Waals surface area contributed by atoms with E-state index in [1.54, 1.807) is 13.1 Å². The van der Waals surface area contributed by atoms with Crippen LogP contribution in [0.5, 0.6) is 5.75 Å². The number of phenolic OH excluding ortho intramolecular Hbond substituents is 1. The Kier molecular flexibility index (Phi) is 4.17. The van der Waals surface area contributed by atoms with Gasteiger partial charge in [0.05, 0.1) is 4.92 Å². The van der Waals surface area contributed by atoms with Gasteiger partial charge in [-0.25, -0.2) is 0 Å². The summed E-state index contributed by atoms with van der Waals surface area (Å²) in [4.78, 5) is 10.6. The summed E-state index contributed by atoms with van der Waals surface area (Å²) in [5, 5.41) is 33.8. The highest BCUT2D eigenvalue weighted by atomic mass is 16.6. The molecule has 25 heavy (non-hydrogen) atoms. The van der Waals surface area contributed by atoms with Crippen molar-refractivity contribution >= 4 is 39.2 Å². The third kappa shape index (κ3) is 3.18. The van der Waals surface area contributed by atoms with Crippen molar-refractivity contribution < 1.29 is 10.0 Å². The molecule has 4 N–H and O–H groups in total. The monoisotopic (exact) mass is 337 g/mol. The summed E-state index contributed by atoms with van der Waals surface area (Å²) in [5.41, 5.74) is 6.72. The van der Waals surface area contributed by atoms with Gasteiger partial charge in [-0.05, 0) is 35.7 Å². The number of aromatic hydroxyl groups is 1. The second kappa shape index (κ2) is 6.44. The molecule has 0 radical (unpaired) electrons. The fourth-order valence-electron chi connectivity index (χ4n) is 2.43. The number of nitro benzene ring substituents is 1. The van der Waals surface area contributed by atoms with Crippen molar-refractivity contribution in [3.8, 4) is 5.75 Å². The molecule has 0 heterocycles. The van der Waals surface area contributed by atoms with Crippen molar-refractivity contribution in [1.82, 2.24) is 0 Å². The highest BCUT2D eigenvalue weighted by molar-refractivity contribution is 5.97. The number of nitrogens with zero attached hydrogens (tertiary/aromatic N) is 3. The summed E-state index contributed by atoms with van der Waals surface area (Å²) in [7, 11) is 1.78. The van der Waals surface area contributed by atoms with E-state index < -0.39 is 4.92 Å². The molecular weight excluding hydrogens is 322 g/mol. The van der Waals surface area contributed by atoms with Crippen molar-refractivity contribution in [2.75, 3.05) is 18.1 Å². The molecule has 0 aliphatic carbocycles. The van der Waals surface area contributed by atoms with Crippen LogP contribution in [-0.2, 0) is 0 Å². The average Bonchev–Trinajstić information content (AvgIpc) is 2.61. The van der Waals surface area contributed by atoms with Crippen LogP contribution in [0.25, 0.3) is 10.8 Å². The molecule has 126 valence electrons. The Morgan fingerprint density at radius 1 is 1.12 bits per heavy atom. The van der Waals surface area contributed by atoms with Gasteiger partial charge < -0.3 is 16.2 Å². The van der Waals surface area contributed by atoms with E-state index in [1.807, 2.05) is 18.2 Å². The summed E-state index contributed by atoms with van der Waals surface area (Å²) in [5.74, 6) is -0.0670. The predicted octanol–water partition coefficient (Wildman–Crippen LogP) is 4.49. The molecule has 0 aliphatic rings. The number of nitrogen functional groups attached to an aromatic ring is 1. The number of nitrogens with one attached hydrogen (secondary N) is 1. The first-order valence-corrected chi connectivity index (χ1v) is 7.39. The van der Waals surface area contributed by atoms with Crippen LogP contribution < -0.4 is 11.1 Å². The van der Waals surface area contributed by atoms with Crippen LogP contribution in [0.3, 0.4) is 0 Å². The van der Waals surface area contributed by atoms with E-state index in [1.165, 1.54) is 24.3 Å². The number of nitro groups is 1. The largest absolute Gasteiger partial charge is 0.506 e. The number of fused-ring (bicyclic) bond motifs is 1. The molecule has 0 spiro atoms. The molecule has 3 aromatic carbocycles. The van der Waals surface area contributed by atoms with Crippen molar-refractivity contribution in [3.05, 3.63) is 58.6 Å². The van der Waals surface area contributed by atoms with Crippen LogP contribution in [0.4, 0.5) is 28.4 Å². The van der Waals surface area contributed by atoms with E-state index in [9.17, 15) is 15.2 Å². The molecule has 8 nitrogen and oxygen atoms in total. The van der Waals surface area contributed by atoms with Gasteiger partial charge in [0.25, 0.3) is 5.69 Å². The predicted molar refractivity (Wildman–Crippen MR) is 96.8 cm³/mol. The summed E-state index contributed by atoms with van der Waals surface area (Å²) >= 11 is 0. The van der Waals surface area contributed by atoms with Gasteiger partial charge in [0.1, 0.15) is 11.4 Å². The van der Waals surface area contributed by atoms with Crippen molar-refractivity contribution in [3.63, 3.8) is 0 Å². The molecule has 0 unspecified atom stereocenters. The van der Waals surface area contributed by atoms with Crippen molar-refractivity contribution in [2.24, 2.45) is 10.2 Å². The minimum absolute atomic E-state index is 0.0559. The fraction of sp³-hybridized carbons (Fsp3) is 0.0588. The van der Waals surface area contributed by atoms with E-state index in [0.717, 1.165) is 11.1 Å². The Labute approximate surface area is 142 Å². The minimum atomic E-state index is -0.577. The second-order valence-corrected chi connectivity index (χ2v) is 5.32. The number of rotatable bonds is 4. The van der Waals surface area contributed by atoms with E-state index >= 15 is 0 Å². The molecule has 0 aromatic heterocycles. The number of hydrogen-bond donors (Lipinski definition) is 3. The number of hydrogen-bond acceptors (Lipinski definition) is 7. The zero-order valence-electron chi connectivity index (χ0n) is 13.3. The molecule has 0 bridgehead atoms. The first-order valence-electron chi connectivity index (χ1n) is 7.39. The van der Waals surface area contributed by atoms with Crippen LogP contribution in [-0.4, -0.2) is 17.1 Å². The van der Waals surface area contributed by atoms with Gasteiger partial charge in [0.2, 0.25) is 0 Å². The number of nitrogens with two attached hydrogens (primary N) is 1. The maximum Gasteiger partial charge on any atom is 0.298 e. The van der Waals surface area contributed by atoms with E-state index in [-0.39, 0.29) is 28.5 Å². The van der Waals surface area contributed by atoms with Crippen molar-refractivity contribution in [1.29, 1.82) is 0 Å². The second-order valence-electron chi connectivity index (χ2n) is 5.32. The maximum atomic E-state index is 11.1. The summed E-state index contributed by atoms with van der Waals surface area (Å²) in [6.45, 7) is 0. The Bertz CT molecular complexity index is 1000. The lowest BCUT2D eigenvalue weighted by Gasteiger charge is -2.07. The zero-order valence-corrected chi connectivity index (χ0v) is 13.3. The number of azo groups is 1. The normalized spacial score (nSPS) is 11.1. The van der Waals surface area contributed by atoms with Gasteiger partial charge in [0, 0.05) is 29.9 Å². The summed E-state index contributed by atoms with van der Waals surface area (Å²) in [6, 6.07) is 13.0. The van der Waals surface area contributed by atoms with E-state index in [4.69, 9.17) is 5.73 Å². The van der Waals surface area contributed by atoms with Gasteiger partial charge in [-0.15, -0.1) is 10.2 Å². The van der Waals surface area contributed by atoms with E-state index in [2.05, 4.69) is 15.5 Å². The van der Waals surface area contributed by atoms with Crippen LogP contribution in [0.1, 0.15) is 0 Å². The molecule has 0 saturated heterocycles. The van der Waals surface area contributed by atoms with Crippen molar-refractivity contribution in [2.45, 2.75) is 0 Å². The Hall–Kier alpha value is -3.68. The molecule has 0 aliphatic heterocycles. The number of anilines is 2. The van der Waals surface area contributed by atoms with E-state index in [0.29, 0.717) is 5.39 Å². The smallest absolute Gasteiger partial charge is 0.298 e. The minimum Gasteiger partial charge on any atom is -0.506 e. The molecule has 8 heteroatoms. The van der Waals surface area contributed by atoms with Crippen LogP contribution in [0, 0.1) is 10.1 Å². The van der Waals surface area contributed by atoms with Gasteiger partial charge in [-0.2, -0.15) is 0 Å². The van der Waals surface area contributed by atoms with Gasteiger partial charge in [0.15, 0.2) is 5.69 Å². The summed E-state index contributed by atoms with van der Waals surface area (Å²) < 4.78 is 0. The van der Waals surface area contributed by atoms with Gasteiger partial charge >= 0.3 is 0 Å². The third-order valence-electron chi connectivity index (χ3n) is 3.71. The topological polar surface area (TPSA) is 126 Å². The first-order chi connectivity index (χ1) is 12.0. The lowest BCUT2D eigenvalue weighted by atomic mass is 10.1. The third-order valence-corrected chi connectivity index (χ3v) is 3.71. The molecule has 0 atom stereocenters. The molecular formula is C17H15N5O3. The average molecular weight is 337 g/mol. The lowest BCUT2D eigenvalue weighted by Crippen LogP contribution is -1.91. The quantitative estimate of drug-likeness (QED) is 0.280.